The number of benzene rings is 1. The minimum Gasteiger partial charge on any atom is -0.492 e. The Labute approximate surface area is 247 Å². The van der Waals surface area contributed by atoms with Crippen molar-refractivity contribution in [3.8, 4) is 17.1 Å². The normalized spacial score (nSPS) is 15.5. The van der Waals surface area contributed by atoms with Crippen molar-refractivity contribution >= 4 is 29.4 Å². The van der Waals surface area contributed by atoms with Crippen LogP contribution in [0.5, 0.6) is 5.75 Å². The molecule has 226 valence electrons. The number of pyridine rings is 1. The number of fused-ring (bicyclic) bond motifs is 1. The number of imidazole rings is 1. The van der Waals surface area contributed by atoms with Crippen LogP contribution in [0.25, 0.3) is 22.4 Å². The number of carbonyl (C=O) groups excluding carboxylic acids is 1. The van der Waals surface area contributed by atoms with Gasteiger partial charge in [-0.05, 0) is 56.7 Å². The number of aromatic nitrogens is 3. The lowest BCUT2D eigenvalue weighted by atomic mass is 10.00. The molecular formula is C30H43ClN4O6. The minimum absolute atomic E-state index is 0. The third-order valence-corrected chi connectivity index (χ3v) is 7.15. The molecule has 1 aliphatic rings. The van der Waals surface area contributed by atoms with Crippen LogP contribution >= 0.6 is 12.4 Å². The number of rotatable bonds is 12. The van der Waals surface area contributed by atoms with Gasteiger partial charge < -0.3 is 28.5 Å². The monoisotopic (exact) mass is 590 g/mol. The predicted molar refractivity (Wildman–Crippen MR) is 161 cm³/mol. The largest absolute Gasteiger partial charge is 0.492 e. The van der Waals surface area contributed by atoms with Crippen LogP contribution in [0.15, 0.2) is 35.3 Å². The fourth-order valence-corrected chi connectivity index (χ4v) is 4.96. The van der Waals surface area contributed by atoms with E-state index < -0.39 is 18.1 Å². The predicted octanol–water partition coefficient (Wildman–Crippen LogP) is 3.48. The van der Waals surface area contributed by atoms with Crippen molar-refractivity contribution in [3.05, 3.63) is 46.4 Å². The molecule has 4 rings (SSSR count). The number of aliphatic hydroxyl groups is 1. The van der Waals surface area contributed by atoms with Crippen LogP contribution in [-0.4, -0.2) is 70.3 Å². The molecule has 1 aliphatic heterocycles. The van der Waals surface area contributed by atoms with Gasteiger partial charge >= 0.3 is 5.97 Å². The summed E-state index contributed by atoms with van der Waals surface area (Å²) >= 11 is 0. The van der Waals surface area contributed by atoms with Gasteiger partial charge in [0.15, 0.2) is 0 Å². The summed E-state index contributed by atoms with van der Waals surface area (Å²) in [6.07, 6.45) is 2.91. The molecule has 1 aromatic carbocycles. The Hall–Kier alpha value is -2.92. The van der Waals surface area contributed by atoms with Crippen molar-refractivity contribution in [2.24, 2.45) is 18.9 Å². The maximum atomic E-state index is 12.4. The first-order chi connectivity index (χ1) is 19.1. The zero-order chi connectivity index (χ0) is 28.8. The van der Waals surface area contributed by atoms with E-state index in [1.165, 1.54) is 0 Å². The van der Waals surface area contributed by atoms with Crippen LogP contribution in [0, 0.1) is 18.8 Å². The number of aliphatic hydroxyl groups excluding tert-OH is 1. The molecule has 2 N–H and O–H groups in total. The van der Waals surface area contributed by atoms with E-state index in [0.29, 0.717) is 37.0 Å². The molecular weight excluding hydrogens is 548 g/mol. The molecule has 0 spiro atoms. The topological polar surface area (TPSA) is 117 Å². The van der Waals surface area contributed by atoms with E-state index in [0.717, 1.165) is 55.0 Å². The number of nitrogens with one attached hydrogen (secondary N) is 1. The Balaban J connectivity index is 0.00000462. The molecule has 2 atom stereocenters. The summed E-state index contributed by atoms with van der Waals surface area (Å²) < 4.78 is 20.7. The van der Waals surface area contributed by atoms with Crippen LogP contribution in [0.4, 0.5) is 0 Å². The van der Waals surface area contributed by atoms with E-state index in [1.54, 1.807) is 18.5 Å². The minimum atomic E-state index is -0.893. The van der Waals surface area contributed by atoms with Gasteiger partial charge in [-0.25, -0.2) is 4.98 Å². The molecule has 41 heavy (non-hydrogen) atoms. The molecule has 0 radical (unpaired) electrons. The number of halogens is 1. The molecule has 1 fully saturated rings. The lowest BCUT2D eigenvalue weighted by Crippen LogP contribution is -2.47. The van der Waals surface area contributed by atoms with E-state index >= 15 is 0 Å². The van der Waals surface area contributed by atoms with Gasteiger partial charge in [0.25, 0.3) is 5.56 Å². The van der Waals surface area contributed by atoms with Crippen molar-refractivity contribution in [2.45, 2.75) is 59.2 Å². The van der Waals surface area contributed by atoms with Crippen molar-refractivity contribution in [3.63, 3.8) is 0 Å². The molecule has 0 saturated carbocycles. The number of aryl methyl sites for hydroxylation is 2. The van der Waals surface area contributed by atoms with E-state index in [-0.39, 0.29) is 23.9 Å². The van der Waals surface area contributed by atoms with Crippen molar-refractivity contribution < 1.29 is 24.1 Å². The summed E-state index contributed by atoms with van der Waals surface area (Å²) in [5.74, 6) is 1.71. The number of ether oxygens (including phenoxy) is 3. The SMILES string of the molecule is Cc1cc(-c2nc3ccc(OCCN[C@H](C(=O)OCC(C)C)[C@@H](C)O)cc3n2CC2CCOCC2)cn(C)c1=O.Cl. The molecule has 2 aromatic heterocycles. The first-order valence-corrected chi connectivity index (χ1v) is 14.1. The molecule has 0 aliphatic carbocycles. The second-order valence-electron chi connectivity index (χ2n) is 11.1. The zero-order valence-electron chi connectivity index (χ0n) is 24.6. The summed E-state index contributed by atoms with van der Waals surface area (Å²) in [4.78, 5) is 29.7. The molecule has 11 heteroatoms. The maximum Gasteiger partial charge on any atom is 0.325 e. The van der Waals surface area contributed by atoms with Gasteiger partial charge in [0, 0.05) is 56.7 Å². The van der Waals surface area contributed by atoms with Crippen LogP contribution in [0.1, 0.15) is 39.2 Å². The van der Waals surface area contributed by atoms with Crippen molar-refractivity contribution in [2.75, 3.05) is 33.0 Å². The average molecular weight is 591 g/mol. The van der Waals surface area contributed by atoms with Gasteiger partial charge in [0.05, 0.1) is 23.7 Å². The summed E-state index contributed by atoms with van der Waals surface area (Å²) in [5, 5.41) is 13.1. The smallest absolute Gasteiger partial charge is 0.325 e. The van der Waals surface area contributed by atoms with E-state index in [4.69, 9.17) is 19.2 Å². The fourth-order valence-electron chi connectivity index (χ4n) is 4.96. The van der Waals surface area contributed by atoms with E-state index in [1.807, 2.05) is 51.2 Å². The highest BCUT2D eigenvalue weighted by molar-refractivity contribution is 5.85. The maximum absolute atomic E-state index is 12.4. The van der Waals surface area contributed by atoms with Crippen molar-refractivity contribution in [1.29, 1.82) is 0 Å². The lowest BCUT2D eigenvalue weighted by Gasteiger charge is -2.23. The first-order valence-electron chi connectivity index (χ1n) is 14.1. The Morgan fingerprint density at radius 1 is 1.22 bits per heavy atom. The second-order valence-corrected chi connectivity index (χ2v) is 11.1. The van der Waals surface area contributed by atoms with Gasteiger partial charge in [0.2, 0.25) is 0 Å². The Morgan fingerprint density at radius 2 is 1.95 bits per heavy atom. The van der Waals surface area contributed by atoms with Crippen LogP contribution in [-0.2, 0) is 27.9 Å². The second kappa shape index (κ2) is 14.8. The summed E-state index contributed by atoms with van der Waals surface area (Å²) in [7, 11) is 1.76. The van der Waals surface area contributed by atoms with E-state index in [9.17, 15) is 14.7 Å². The van der Waals surface area contributed by atoms with Crippen LogP contribution in [0.3, 0.4) is 0 Å². The number of hydrogen-bond acceptors (Lipinski definition) is 8. The molecule has 0 amide bonds. The third-order valence-electron chi connectivity index (χ3n) is 7.15. The standard InChI is InChI=1S/C30H42N4O6.ClH/c1-19(2)18-40-30(37)27(21(4)35)31-10-13-39-24-6-7-25-26(15-24)34(16-22-8-11-38-12-9-22)28(32-25)23-14-20(3)29(36)33(5)17-23;/h6-7,14-15,17,19,21-22,27,31,35H,8-13,16,18H2,1-5H3;1H/t21-,27+;/m1./s1. The molecule has 3 heterocycles. The van der Waals surface area contributed by atoms with Gasteiger partial charge in [-0.1, -0.05) is 13.8 Å². The first kappa shape index (κ1) is 32.6. The molecule has 0 bridgehead atoms. The molecule has 0 unspecified atom stereocenters. The highest BCUT2D eigenvalue weighted by Crippen LogP contribution is 2.30. The highest BCUT2D eigenvalue weighted by atomic mass is 35.5. The van der Waals surface area contributed by atoms with Gasteiger partial charge in [-0.15, -0.1) is 12.4 Å². The third kappa shape index (κ3) is 8.31. The Bertz CT molecular complexity index is 1340. The van der Waals surface area contributed by atoms with Crippen LogP contribution in [0.2, 0.25) is 0 Å². The van der Waals surface area contributed by atoms with Gasteiger partial charge in [-0.3, -0.25) is 14.9 Å². The number of nitrogens with zero attached hydrogens (tertiary/aromatic N) is 3. The van der Waals surface area contributed by atoms with Gasteiger partial charge in [-0.2, -0.15) is 0 Å². The Morgan fingerprint density at radius 3 is 2.61 bits per heavy atom. The van der Waals surface area contributed by atoms with Gasteiger partial charge in [0.1, 0.15) is 24.2 Å². The molecule has 10 nitrogen and oxygen atoms in total. The quantitative estimate of drug-likeness (QED) is 0.243. The number of hydrogen-bond donors (Lipinski definition) is 2. The van der Waals surface area contributed by atoms with Crippen molar-refractivity contribution in [1.82, 2.24) is 19.4 Å². The number of esters is 1. The Kier molecular flexibility index (Phi) is 11.8. The highest BCUT2D eigenvalue weighted by Gasteiger charge is 2.25. The zero-order valence-corrected chi connectivity index (χ0v) is 25.4. The summed E-state index contributed by atoms with van der Waals surface area (Å²) in [6, 6.07) is 6.89. The molecule has 1 saturated heterocycles. The lowest BCUT2D eigenvalue weighted by molar-refractivity contribution is -0.150. The average Bonchev–Trinajstić information content (AvgIpc) is 3.27. The number of carbonyl (C=O) groups is 1. The summed E-state index contributed by atoms with van der Waals surface area (Å²) in [6.45, 7) is 10.6. The molecule has 3 aromatic rings. The van der Waals surface area contributed by atoms with E-state index in [2.05, 4.69) is 9.88 Å². The fraction of sp³-hybridized carbons (Fsp3) is 0.567. The van der Waals surface area contributed by atoms with Crippen LogP contribution < -0.4 is 15.6 Å². The summed E-state index contributed by atoms with van der Waals surface area (Å²) in [5.41, 5.74) is 3.35.